The van der Waals surface area contributed by atoms with E-state index >= 15 is 0 Å². The maximum absolute atomic E-state index is 6.05. The van der Waals surface area contributed by atoms with Gasteiger partial charge in [-0.05, 0) is 24.3 Å². The van der Waals surface area contributed by atoms with Gasteiger partial charge in [-0.2, -0.15) is 0 Å². The molecule has 3 heterocycles. The zero-order valence-electron chi connectivity index (χ0n) is 14.3. The Morgan fingerprint density at radius 1 is 1.04 bits per heavy atom. The molecule has 0 spiro atoms. The standard InChI is InChI=1S/C20H17N3O3/c1-23(10-13-11-24-16-8-4-5-9-17(16)25-13)20-19-18(21-12-22-20)14-6-2-3-7-15(14)26-19/h2-9,12-13H,10-11H2,1H3. The maximum atomic E-state index is 6.05. The molecule has 26 heavy (non-hydrogen) atoms. The normalized spacial score (nSPS) is 16.1. The topological polar surface area (TPSA) is 60.6 Å². The first kappa shape index (κ1) is 15.0. The predicted octanol–water partition coefficient (Wildman–Crippen LogP) is 3.65. The number of furan rings is 1. The summed E-state index contributed by atoms with van der Waals surface area (Å²) < 4.78 is 17.9. The lowest BCUT2D eigenvalue weighted by atomic mass is 10.2. The largest absolute Gasteiger partial charge is 0.486 e. The Morgan fingerprint density at radius 3 is 2.77 bits per heavy atom. The second-order valence-electron chi connectivity index (χ2n) is 6.35. The minimum Gasteiger partial charge on any atom is -0.486 e. The van der Waals surface area contributed by atoms with E-state index in [0.717, 1.165) is 33.8 Å². The number of aromatic nitrogens is 2. The summed E-state index contributed by atoms with van der Waals surface area (Å²) in [6, 6.07) is 15.6. The molecule has 5 rings (SSSR count). The van der Waals surface area contributed by atoms with Crippen molar-refractivity contribution in [2.45, 2.75) is 6.10 Å². The molecular weight excluding hydrogens is 330 g/mol. The predicted molar refractivity (Wildman–Crippen MR) is 98.9 cm³/mol. The van der Waals surface area contributed by atoms with Crippen LogP contribution in [0.4, 0.5) is 5.82 Å². The van der Waals surface area contributed by atoms with E-state index in [1.807, 2.05) is 60.5 Å². The van der Waals surface area contributed by atoms with Crippen molar-refractivity contribution in [3.63, 3.8) is 0 Å². The monoisotopic (exact) mass is 347 g/mol. The van der Waals surface area contributed by atoms with E-state index in [4.69, 9.17) is 13.9 Å². The van der Waals surface area contributed by atoms with Gasteiger partial charge in [-0.1, -0.05) is 24.3 Å². The molecule has 1 aliphatic heterocycles. The van der Waals surface area contributed by atoms with Gasteiger partial charge in [-0.3, -0.25) is 0 Å². The highest BCUT2D eigenvalue weighted by atomic mass is 16.6. The van der Waals surface area contributed by atoms with Gasteiger partial charge in [-0.15, -0.1) is 0 Å². The van der Waals surface area contributed by atoms with E-state index in [0.29, 0.717) is 18.7 Å². The third kappa shape index (κ3) is 2.42. The van der Waals surface area contributed by atoms with Gasteiger partial charge in [-0.25, -0.2) is 9.97 Å². The Balaban J connectivity index is 1.45. The first-order valence-corrected chi connectivity index (χ1v) is 8.51. The molecule has 0 amide bonds. The number of anilines is 1. The number of nitrogens with zero attached hydrogens (tertiary/aromatic N) is 3. The molecule has 1 unspecified atom stereocenters. The number of para-hydroxylation sites is 3. The second kappa shape index (κ2) is 5.91. The van der Waals surface area contributed by atoms with Gasteiger partial charge in [0.05, 0.1) is 6.54 Å². The van der Waals surface area contributed by atoms with Crippen LogP contribution in [0.1, 0.15) is 0 Å². The third-order valence-corrected chi connectivity index (χ3v) is 4.55. The number of likely N-dealkylation sites (N-methyl/N-ethyl adjacent to an activating group) is 1. The van der Waals surface area contributed by atoms with Crippen molar-refractivity contribution in [1.29, 1.82) is 0 Å². The Labute approximate surface area is 150 Å². The van der Waals surface area contributed by atoms with E-state index in [1.54, 1.807) is 6.33 Å². The molecule has 0 bridgehead atoms. The summed E-state index contributed by atoms with van der Waals surface area (Å²) in [6.45, 7) is 1.12. The Kier molecular flexibility index (Phi) is 3.41. The summed E-state index contributed by atoms with van der Waals surface area (Å²) in [5, 5.41) is 0.991. The van der Waals surface area contributed by atoms with Crippen LogP contribution in [-0.4, -0.2) is 36.3 Å². The van der Waals surface area contributed by atoms with Gasteiger partial charge in [0.2, 0.25) is 0 Å². The molecule has 1 atom stereocenters. The van der Waals surface area contributed by atoms with Crippen LogP contribution in [0.25, 0.3) is 22.1 Å². The molecule has 0 fully saturated rings. The van der Waals surface area contributed by atoms with Crippen molar-refractivity contribution in [3.8, 4) is 11.5 Å². The van der Waals surface area contributed by atoms with Crippen LogP contribution in [0.3, 0.4) is 0 Å². The number of rotatable bonds is 3. The number of hydrogen-bond acceptors (Lipinski definition) is 6. The lowest BCUT2D eigenvalue weighted by Gasteiger charge is -2.29. The molecule has 0 radical (unpaired) electrons. The fraction of sp³-hybridized carbons (Fsp3) is 0.200. The van der Waals surface area contributed by atoms with Crippen molar-refractivity contribution in [3.05, 3.63) is 54.9 Å². The highest BCUT2D eigenvalue weighted by molar-refractivity contribution is 6.05. The van der Waals surface area contributed by atoms with Gasteiger partial charge in [0.1, 0.15) is 24.0 Å². The quantitative estimate of drug-likeness (QED) is 0.564. The molecule has 130 valence electrons. The van der Waals surface area contributed by atoms with Crippen molar-refractivity contribution in [2.75, 3.05) is 25.1 Å². The van der Waals surface area contributed by atoms with Gasteiger partial charge in [0.25, 0.3) is 0 Å². The van der Waals surface area contributed by atoms with E-state index in [9.17, 15) is 0 Å². The summed E-state index contributed by atoms with van der Waals surface area (Å²) in [7, 11) is 1.97. The van der Waals surface area contributed by atoms with E-state index in [-0.39, 0.29) is 6.10 Å². The van der Waals surface area contributed by atoms with Crippen LogP contribution in [0.5, 0.6) is 11.5 Å². The van der Waals surface area contributed by atoms with Crippen LogP contribution in [0, 0.1) is 0 Å². The Morgan fingerprint density at radius 2 is 1.85 bits per heavy atom. The molecular formula is C20H17N3O3. The smallest absolute Gasteiger partial charge is 0.196 e. The summed E-state index contributed by atoms with van der Waals surface area (Å²) >= 11 is 0. The van der Waals surface area contributed by atoms with Crippen molar-refractivity contribution in [2.24, 2.45) is 0 Å². The number of ether oxygens (including phenoxy) is 2. The molecule has 6 nitrogen and oxygen atoms in total. The first-order chi connectivity index (χ1) is 12.8. The van der Waals surface area contributed by atoms with Gasteiger partial charge in [0, 0.05) is 12.4 Å². The Hall–Kier alpha value is -3.28. The second-order valence-corrected chi connectivity index (χ2v) is 6.35. The van der Waals surface area contributed by atoms with Gasteiger partial charge < -0.3 is 18.8 Å². The van der Waals surface area contributed by atoms with Crippen molar-refractivity contribution < 1.29 is 13.9 Å². The zero-order valence-corrected chi connectivity index (χ0v) is 14.3. The van der Waals surface area contributed by atoms with Crippen LogP contribution in [-0.2, 0) is 0 Å². The maximum Gasteiger partial charge on any atom is 0.196 e. The van der Waals surface area contributed by atoms with E-state index in [1.165, 1.54) is 0 Å². The van der Waals surface area contributed by atoms with E-state index in [2.05, 4.69) is 9.97 Å². The molecule has 0 saturated heterocycles. The highest BCUT2D eigenvalue weighted by Crippen LogP contribution is 2.33. The molecule has 1 aliphatic rings. The summed E-state index contributed by atoms with van der Waals surface area (Å²) in [5.74, 6) is 2.30. The average Bonchev–Trinajstić information content (AvgIpc) is 3.06. The van der Waals surface area contributed by atoms with Gasteiger partial charge in [0.15, 0.2) is 29.0 Å². The molecule has 6 heteroatoms. The van der Waals surface area contributed by atoms with Crippen LogP contribution in [0.15, 0.2) is 59.3 Å². The average molecular weight is 347 g/mol. The number of fused-ring (bicyclic) bond motifs is 4. The fourth-order valence-corrected chi connectivity index (χ4v) is 3.33. The highest BCUT2D eigenvalue weighted by Gasteiger charge is 2.24. The first-order valence-electron chi connectivity index (χ1n) is 8.51. The molecule has 0 saturated carbocycles. The lowest BCUT2D eigenvalue weighted by molar-refractivity contribution is 0.0959. The fourth-order valence-electron chi connectivity index (χ4n) is 3.33. The summed E-state index contributed by atoms with van der Waals surface area (Å²) in [6.07, 6.45) is 1.48. The SMILES string of the molecule is CN(CC1COc2ccccc2O1)c1ncnc2c1oc1ccccc12. The van der Waals surface area contributed by atoms with Crippen LogP contribution < -0.4 is 14.4 Å². The third-order valence-electron chi connectivity index (χ3n) is 4.55. The molecule has 0 aliphatic carbocycles. The molecule has 4 aromatic rings. The van der Waals surface area contributed by atoms with Crippen molar-refractivity contribution >= 4 is 27.9 Å². The van der Waals surface area contributed by atoms with Crippen molar-refractivity contribution in [1.82, 2.24) is 9.97 Å². The number of benzene rings is 2. The van der Waals surface area contributed by atoms with Crippen LogP contribution in [0.2, 0.25) is 0 Å². The summed E-state index contributed by atoms with van der Waals surface area (Å²) in [4.78, 5) is 10.9. The van der Waals surface area contributed by atoms with Crippen LogP contribution >= 0.6 is 0 Å². The Bertz CT molecular complexity index is 1090. The minimum atomic E-state index is -0.0932. The molecule has 2 aromatic carbocycles. The molecule has 2 aromatic heterocycles. The van der Waals surface area contributed by atoms with Gasteiger partial charge >= 0.3 is 0 Å². The minimum absolute atomic E-state index is 0.0932. The van der Waals surface area contributed by atoms with E-state index < -0.39 is 0 Å². The molecule has 0 N–H and O–H groups in total. The summed E-state index contributed by atoms with van der Waals surface area (Å²) in [5.41, 5.74) is 2.32. The zero-order chi connectivity index (χ0) is 17.5. The number of hydrogen-bond donors (Lipinski definition) is 0. The lowest BCUT2D eigenvalue weighted by Crippen LogP contribution is -2.39.